The molecule has 172 valence electrons. The van der Waals surface area contributed by atoms with Crippen molar-refractivity contribution in [3.63, 3.8) is 0 Å². The number of methoxy groups -OCH3 is 1. The van der Waals surface area contributed by atoms with Gasteiger partial charge < -0.3 is 18.9 Å². The van der Waals surface area contributed by atoms with E-state index in [1.54, 1.807) is 12.0 Å². The predicted molar refractivity (Wildman–Crippen MR) is 128 cm³/mol. The van der Waals surface area contributed by atoms with Crippen molar-refractivity contribution in [1.29, 1.82) is 0 Å². The van der Waals surface area contributed by atoms with Gasteiger partial charge in [0.1, 0.15) is 17.3 Å². The first kappa shape index (κ1) is 21.6. The Hall–Kier alpha value is -3.28. The molecule has 2 aromatic carbocycles. The number of benzene rings is 2. The van der Waals surface area contributed by atoms with Crippen molar-refractivity contribution < 1.29 is 14.3 Å². The topological polar surface area (TPSA) is 56.6 Å². The second kappa shape index (κ2) is 8.93. The molecule has 0 radical (unpaired) electrons. The van der Waals surface area contributed by atoms with Gasteiger partial charge in [-0.1, -0.05) is 6.07 Å². The predicted octanol–water partition coefficient (Wildman–Crippen LogP) is 5.02. The highest BCUT2D eigenvalue weighted by molar-refractivity contribution is 5.94. The van der Waals surface area contributed by atoms with Crippen molar-refractivity contribution in [2.75, 3.05) is 14.2 Å². The summed E-state index contributed by atoms with van der Waals surface area (Å²) in [5.41, 5.74) is 4.67. The smallest absolute Gasteiger partial charge is 0.254 e. The van der Waals surface area contributed by atoms with Crippen LogP contribution in [0.25, 0.3) is 11.3 Å². The van der Waals surface area contributed by atoms with Crippen molar-refractivity contribution in [1.82, 2.24) is 14.5 Å². The first-order chi connectivity index (χ1) is 16.0. The molecule has 3 aromatic rings. The van der Waals surface area contributed by atoms with Gasteiger partial charge in [-0.05, 0) is 68.5 Å². The summed E-state index contributed by atoms with van der Waals surface area (Å²) in [5, 5.41) is 0. The number of fused-ring (bicyclic) bond motifs is 1. The van der Waals surface area contributed by atoms with Crippen molar-refractivity contribution in [3.05, 3.63) is 65.1 Å². The Bertz CT molecular complexity index is 1160. The van der Waals surface area contributed by atoms with E-state index in [2.05, 4.69) is 22.9 Å². The molecule has 0 atom stereocenters. The molecule has 33 heavy (non-hydrogen) atoms. The lowest BCUT2D eigenvalue weighted by Gasteiger charge is -2.28. The SMILES string of the molecule is COc1cc(C(=O)N(C)Cc2cc(-c3cn4c(n3)CCC4)ccc2OC2CCC2)ccc1C. The lowest BCUT2D eigenvalue weighted by atomic mass is 9.96. The zero-order valence-electron chi connectivity index (χ0n) is 19.6. The Morgan fingerprint density at radius 3 is 2.73 bits per heavy atom. The first-order valence-electron chi connectivity index (χ1n) is 11.8. The zero-order valence-corrected chi connectivity index (χ0v) is 19.6. The maximum Gasteiger partial charge on any atom is 0.254 e. The maximum absolute atomic E-state index is 13.2. The number of carbonyl (C=O) groups is 1. The van der Waals surface area contributed by atoms with E-state index in [1.807, 2.05) is 38.2 Å². The normalized spacial score (nSPS) is 15.1. The highest BCUT2D eigenvalue weighted by Gasteiger charge is 2.23. The summed E-state index contributed by atoms with van der Waals surface area (Å²) in [4.78, 5) is 19.8. The molecule has 1 amide bonds. The summed E-state index contributed by atoms with van der Waals surface area (Å²) in [6.07, 6.45) is 8.01. The first-order valence-corrected chi connectivity index (χ1v) is 11.8. The van der Waals surface area contributed by atoms with Crippen LogP contribution in [0.1, 0.15) is 53.0 Å². The van der Waals surface area contributed by atoms with E-state index in [1.165, 1.54) is 12.8 Å². The average molecular weight is 446 g/mol. The van der Waals surface area contributed by atoms with E-state index in [4.69, 9.17) is 14.5 Å². The van der Waals surface area contributed by atoms with Gasteiger partial charge in [-0.25, -0.2) is 4.98 Å². The zero-order chi connectivity index (χ0) is 22.9. The number of aryl methyl sites for hydroxylation is 3. The van der Waals surface area contributed by atoms with Crippen LogP contribution in [0.2, 0.25) is 0 Å². The number of aromatic nitrogens is 2. The average Bonchev–Trinajstić information content (AvgIpc) is 3.39. The molecule has 0 unspecified atom stereocenters. The fraction of sp³-hybridized carbons (Fsp3) is 0.407. The van der Waals surface area contributed by atoms with Crippen LogP contribution in [0.5, 0.6) is 11.5 Å². The van der Waals surface area contributed by atoms with Gasteiger partial charge >= 0.3 is 0 Å². The highest BCUT2D eigenvalue weighted by atomic mass is 16.5. The van der Waals surface area contributed by atoms with E-state index in [0.717, 1.165) is 65.5 Å². The van der Waals surface area contributed by atoms with Crippen molar-refractivity contribution in [3.8, 4) is 22.8 Å². The molecule has 6 heteroatoms. The summed E-state index contributed by atoms with van der Waals surface area (Å²) < 4.78 is 13.9. The summed E-state index contributed by atoms with van der Waals surface area (Å²) in [7, 11) is 3.46. The third-order valence-electron chi connectivity index (χ3n) is 6.77. The Kier molecular flexibility index (Phi) is 5.83. The monoisotopic (exact) mass is 445 g/mol. The molecule has 0 N–H and O–H groups in total. The molecule has 1 aliphatic carbocycles. The number of hydrogen-bond acceptors (Lipinski definition) is 4. The Balaban J connectivity index is 1.42. The minimum Gasteiger partial charge on any atom is -0.496 e. The summed E-state index contributed by atoms with van der Waals surface area (Å²) in [6, 6.07) is 11.8. The number of imidazole rings is 1. The Morgan fingerprint density at radius 2 is 2.00 bits per heavy atom. The standard InChI is InChI=1S/C27H31N3O3/c1-18-9-10-20(15-25(18)32-3)27(31)29(2)16-21-14-19(11-12-24(21)33-22-6-4-7-22)23-17-30-13-5-8-26(30)28-23/h9-12,14-15,17,22H,4-8,13,16H2,1-3H3. The van der Waals surface area contributed by atoms with Crippen LogP contribution in [0.4, 0.5) is 0 Å². The van der Waals surface area contributed by atoms with E-state index in [9.17, 15) is 4.79 Å². The number of rotatable bonds is 7. The van der Waals surface area contributed by atoms with Crippen LogP contribution in [-0.4, -0.2) is 40.6 Å². The molecule has 1 saturated carbocycles. The van der Waals surface area contributed by atoms with Crippen LogP contribution in [0, 0.1) is 6.92 Å². The lowest BCUT2D eigenvalue weighted by Crippen LogP contribution is -2.28. The van der Waals surface area contributed by atoms with Gasteiger partial charge in [0.2, 0.25) is 0 Å². The minimum atomic E-state index is -0.0470. The van der Waals surface area contributed by atoms with Crippen molar-refractivity contribution in [2.24, 2.45) is 0 Å². The molecular weight excluding hydrogens is 414 g/mol. The van der Waals surface area contributed by atoms with Gasteiger partial charge in [0, 0.05) is 49.4 Å². The van der Waals surface area contributed by atoms with Crippen LogP contribution in [0.15, 0.2) is 42.6 Å². The molecule has 5 rings (SSSR count). The molecular formula is C27H31N3O3. The minimum absolute atomic E-state index is 0.0470. The van der Waals surface area contributed by atoms with Gasteiger partial charge in [-0.3, -0.25) is 4.79 Å². The fourth-order valence-corrected chi connectivity index (χ4v) is 4.54. The molecule has 0 bridgehead atoms. The Labute approximate surface area is 195 Å². The van der Waals surface area contributed by atoms with Gasteiger partial charge in [0.05, 0.1) is 18.9 Å². The second-order valence-corrected chi connectivity index (χ2v) is 9.18. The van der Waals surface area contributed by atoms with Crippen LogP contribution >= 0.6 is 0 Å². The van der Waals surface area contributed by atoms with Gasteiger partial charge in [-0.15, -0.1) is 0 Å². The number of carbonyl (C=O) groups excluding carboxylic acids is 1. The van der Waals surface area contributed by atoms with E-state index in [0.29, 0.717) is 12.1 Å². The largest absolute Gasteiger partial charge is 0.496 e. The third kappa shape index (κ3) is 4.34. The summed E-state index contributed by atoms with van der Waals surface area (Å²) in [5.74, 6) is 2.69. The molecule has 1 fully saturated rings. The van der Waals surface area contributed by atoms with E-state index in [-0.39, 0.29) is 12.0 Å². The van der Waals surface area contributed by atoms with Gasteiger partial charge in [0.15, 0.2) is 0 Å². The maximum atomic E-state index is 13.2. The molecule has 1 aliphatic heterocycles. The van der Waals surface area contributed by atoms with Crippen LogP contribution in [-0.2, 0) is 19.5 Å². The number of amides is 1. The van der Waals surface area contributed by atoms with Gasteiger partial charge in [0.25, 0.3) is 5.91 Å². The summed E-state index contributed by atoms with van der Waals surface area (Å²) in [6.45, 7) is 3.46. The number of nitrogens with zero attached hydrogens (tertiary/aromatic N) is 3. The molecule has 0 spiro atoms. The van der Waals surface area contributed by atoms with Crippen molar-refractivity contribution >= 4 is 5.91 Å². The quantitative estimate of drug-likeness (QED) is 0.513. The lowest BCUT2D eigenvalue weighted by molar-refractivity contribution is 0.0779. The van der Waals surface area contributed by atoms with Gasteiger partial charge in [-0.2, -0.15) is 0 Å². The van der Waals surface area contributed by atoms with Crippen LogP contribution in [0.3, 0.4) is 0 Å². The number of hydrogen-bond donors (Lipinski definition) is 0. The highest BCUT2D eigenvalue weighted by Crippen LogP contribution is 2.32. The fourth-order valence-electron chi connectivity index (χ4n) is 4.54. The van der Waals surface area contributed by atoms with Crippen LogP contribution < -0.4 is 9.47 Å². The molecule has 1 aromatic heterocycles. The molecule has 6 nitrogen and oxygen atoms in total. The third-order valence-corrected chi connectivity index (χ3v) is 6.77. The Morgan fingerprint density at radius 1 is 1.15 bits per heavy atom. The number of ether oxygens (including phenoxy) is 2. The molecule has 2 aliphatic rings. The van der Waals surface area contributed by atoms with E-state index >= 15 is 0 Å². The molecule has 2 heterocycles. The molecule has 0 saturated heterocycles. The second-order valence-electron chi connectivity index (χ2n) is 9.18. The summed E-state index contributed by atoms with van der Waals surface area (Å²) >= 11 is 0. The van der Waals surface area contributed by atoms with Crippen molar-refractivity contribution in [2.45, 2.75) is 58.2 Å². The van der Waals surface area contributed by atoms with E-state index < -0.39 is 0 Å².